The van der Waals surface area contributed by atoms with Crippen LogP contribution in [-0.2, 0) is 24.1 Å². The van der Waals surface area contributed by atoms with E-state index in [0.29, 0.717) is 30.8 Å². The van der Waals surface area contributed by atoms with E-state index in [0.717, 1.165) is 48.0 Å². The van der Waals surface area contributed by atoms with Crippen molar-refractivity contribution in [2.45, 2.75) is 39.5 Å². The lowest BCUT2D eigenvalue weighted by atomic mass is 9.95. The van der Waals surface area contributed by atoms with Gasteiger partial charge in [-0.3, -0.25) is 19.7 Å². The number of halogens is 3. The van der Waals surface area contributed by atoms with Gasteiger partial charge in [0.05, 0.1) is 29.8 Å². The van der Waals surface area contributed by atoms with Crippen LogP contribution >= 0.6 is 0 Å². The van der Waals surface area contributed by atoms with Crippen molar-refractivity contribution in [1.82, 2.24) is 19.9 Å². The molecular weight excluding hydrogens is 443 g/mol. The van der Waals surface area contributed by atoms with E-state index < -0.39 is 11.9 Å². The molecule has 2 aliphatic rings. The monoisotopic (exact) mass is 467 g/mol. The summed E-state index contributed by atoms with van der Waals surface area (Å²) in [5, 5.41) is 0. The van der Waals surface area contributed by atoms with Gasteiger partial charge in [0, 0.05) is 49.4 Å². The molecular formula is C25H24F3N5O. The van der Waals surface area contributed by atoms with E-state index in [4.69, 9.17) is 0 Å². The Morgan fingerprint density at radius 3 is 2.59 bits per heavy atom. The maximum atomic E-state index is 12.9. The molecule has 2 aliphatic heterocycles. The van der Waals surface area contributed by atoms with Gasteiger partial charge in [-0.1, -0.05) is 0 Å². The van der Waals surface area contributed by atoms with Crippen LogP contribution in [-0.4, -0.2) is 38.8 Å². The van der Waals surface area contributed by atoms with Crippen LogP contribution in [0.15, 0.2) is 42.7 Å². The number of rotatable bonds is 4. The average Bonchev–Trinajstić information content (AvgIpc) is 3.20. The Hall–Kier alpha value is -3.49. The van der Waals surface area contributed by atoms with E-state index in [9.17, 15) is 18.0 Å². The molecule has 1 saturated heterocycles. The van der Waals surface area contributed by atoms with Gasteiger partial charge >= 0.3 is 6.18 Å². The lowest BCUT2D eigenvalue weighted by molar-refractivity contribution is -0.141. The maximum Gasteiger partial charge on any atom is 0.433 e. The van der Waals surface area contributed by atoms with Crippen LogP contribution < -0.4 is 4.90 Å². The maximum absolute atomic E-state index is 12.9. The summed E-state index contributed by atoms with van der Waals surface area (Å²) in [5.74, 6) is 0.410. The predicted molar refractivity (Wildman–Crippen MR) is 121 cm³/mol. The van der Waals surface area contributed by atoms with Gasteiger partial charge in [0.15, 0.2) is 0 Å². The fraction of sp³-hybridized carbons (Fsp3) is 0.360. The van der Waals surface area contributed by atoms with Gasteiger partial charge in [0.1, 0.15) is 5.69 Å². The summed E-state index contributed by atoms with van der Waals surface area (Å²) in [5.41, 5.74) is 5.11. The molecule has 0 N–H and O–H groups in total. The smallest absolute Gasteiger partial charge is 0.370 e. The quantitative estimate of drug-likeness (QED) is 0.564. The molecule has 5 rings (SSSR count). The van der Waals surface area contributed by atoms with Gasteiger partial charge in [-0.05, 0) is 55.3 Å². The van der Waals surface area contributed by atoms with E-state index >= 15 is 0 Å². The fourth-order valence-corrected chi connectivity index (χ4v) is 4.67. The summed E-state index contributed by atoms with van der Waals surface area (Å²) < 4.78 is 38.7. The zero-order chi connectivity index (χ0) is 24.0. The Balaban J connectivity index is 1.16. The van der Waals surface area contributed by atoms with Gasteiger partial charge in [-0.15, -0.1) is 0 Å². The molecule has 0 atom stereocenters. The highest BCUT2D eigenvalue weighted by molar-refractivity contribution is 5.77. The number of aryl methyl sites for hydroxylation is 2. The molecule has 0 unspecified atom stereocenters. The molecule has 6 nitrogen and oxygen atoms in total. The number of hydrogen-bond acceptors (Lipinski definition) is 5. The van der Waals surface area contributed by atoms with E-state index in [2.05, 4.69) is 32.8 Å². The first kappa shape index (κ1) is 22.3. The fourth-order valence-electron chi connectivity index (χ4n) is 4.67. The van der Waals surface area contributed by atoms with Crippen LogP contribution in [0, 0.1) is 19.8 Å². The number of anilines is 1. The number of hydrogen-bond donors (Lipinski definition) is 0. The van der Waals surface area contributed by atoms with Crippen molar-refractivity contribution in [3.8, 4) is 11.3 Å². The van der Waals surface area contributed by atoms with Gasteiger partial charge in [0.2, 0.25) is 5.91 Å². The minimum atomic E-state index is -4.49. The van der Waals surface area contributed by atoms with Gasteiger partial charge < -0.3 is 9.80 Å². The summed E-state index contributed by atoms with van der Waals surface area (Å²) in [6.07, 6.45) is -1.20. The number of alkyl halides is 3. The van der Waals surface area contributed by atoms with Gasteiger partial charge in [0.25, 0.3) is 0 Å². The Morgan fingerprint density at radius 1 is 1.09 bits per heavy atom. The molecule has 0 radical (unpaired) electrons. The molecule has 0 aromatic carbocycles. The lowest BCUT2D eigenvalue weighted by Crippen LogP contribution is -2.48. The van der Waals surface area contributed by atoms with Crippen molar-refractivity contribution < 1.29 is 18.0 Å². The van der Waals surface area contributed by atoms with Crippen LogP contribution in [0.25, 0.3) is 11.3 Å². The van der Waals surface area contributed by atoms with Gasteiger partial charge in [-0.25, -0.2) is 0 Å². The van der Waals surface area contributed by atoms with Crippen LogP contribution in [0.3, 0.4) is 0 Å². The first-order valence-electron chi connectivity index (χ1n) is 11.2. The Bertz CT molecular complexity index is 1240. The number of carbonyl (C=O) groups is 1. The second-order valence-corrected chi connectivity index (χ2v) is 9.06. The number of aromatic nitrogens is 3. The Labute approximate surface area is 195 Å². The molecule has 176 valence electrons. The van der Waals surface area contributed by atoms with E-state index in [-0.39, 0.29) is 11.8 Å². The Kier molecular flexibility index (Phi) is 5.50. The number of amides is 1. The second-order valence-electron chi connectivity index (χ2n) is 9.06. The highest BCUT2D eigenvalue weighted by Crippen LogP contribution is 2.32. The summed E-state index contributed by atoms with van der Waals surface area (Å²) in [6.45, 7) is 6.73. The topological polar surface area (TPSA) is 62.2 Å². The van der Waals surface area contributed by atoms with Crippen molar-refractivity contribution in [2.75, 3.05) is 18.0 Å². The van der Waals surface area contributed by atoms with Crippen LogP contribution in [0.1, 0.15) is 34.6 Å². The molecule has 0 bridgehead atoms. The molecule has 1 amide bonds. The first-order chi connectivity index (χ1) is 16.2. The van der Waals surface area contributed by atoms with Crippen LogP contribution in [0.5, 0.6) is 0 Å². The van der Waals surface area contributed by atoms with Crippen molar-refractivity contribution >= 4 is 11.6 Å². The van der Waals surface area contributed by atoms with Crippen molar-refractivity contribution in [2.24, 2.45) is 5.92 Å². The van der Waals surface area contributed by atoms with Crippen molar-refractivity contribution in [3.05, 3.63) is 70.9 Å². The normalized spacial score (nSPS) is 15.9. The third-order valence-corrected chi connectivity index (χ3v) is 6.48. The largest absolute Gasteiger partial charge is 0.433 e. The third-order valence-electron chi connectivity index (χ3n) is 6.48. The van der Waals surface area contributed by atoms with Crippen LogP contribution in [0.4, 0.5) is 18.9 Å². The summed E-state index contributed by atoms with van der Waals surface area (Å²) >= 11 is 0. The minimum Gasteiger partial charge on any atom is -0.370 e. The van der Waals surface area contributed by atoms with E-state index in [1.54, 1.807) is 12.3 Å². The number of nitrogens with zero attached hydrogens (tertiary/aromatic N) is 5. The third kappa shape index (κ3) is 4.34. The minimum absolute atomic E-state index is 0.145. The summed E-state index contributed by atoms with van der Waals surface area (Å²) in [4.78, 5) is 29.2. The summed E-state index contributed by atoms with van der Waals surface area (Å²) in [7, 11) is 0. The summed E-state index contributed by atoms with van der Waals surface area (Å²) in [6, 6.07) is 8.13. The van der Waals surface area contributed by atoms with Gasteiger partial charge in [-0.2, -0.15) is 13.2 Å². The standard InChI is InChI=1S/C25H24F3N5O/c1-15-7-16(2)31-22-14-33(13-20(15)22)24(34)8-17-11-32(12-17)19-3-4-21(30-10-19)18-5-6-29-23(9-18)25(26,27)28/h3-7,9-10,17H,8,11-14H2,1-2H3. The van der Waals surface area contributed by atoms with Crippen LogP contribution in [0.2, 0.25) is 0 Å². The van der Waals surface area contributed by atoms with E-state index in [1.165, 1.54) is 11.6 Å². The number of carbonyl (C=O) groups excluding carboxylic acids is 1. The SMILES string of the molecule is Cc1cc(C)c2c(n1)CN(C(=O)CC1CN(c3ccc(-c4ccnc(C(F)(F)F)c4)nc3)C1)C2. The molecule has 3 aromatic heterocycles. The predicted octanol–water partition coefficient (Wildman–Crippen LogP) is 4.54. The Morgan fingerprint density at radius 2 is 1.88 bits per heavy atom. The average molecular weight is 467 g/mol. The molecule has 0 aliphatic carbocycles. The molecule has 34 heavy (non-hydrogen) atoms. The number of fused-ring (bicyclic) bond motifs is 1. The highest BCUT2D eigenvalue weighted by Gasteiger charge is 2.34. The molecule has 0 saturated carbocycles. The molecule has 9 heteroatoms. The second kappa shape index (κ2) is 8.38. The zero-order valence-corrected chi connectivity index (χ0v) is 18.9. The molecule has 5 heterocycles. The highest BCUT2D eigenvalue weighted by atomic mass is 19.4. The molecule has 1 fully saturated rings. The first-order valence-corrected chi connectivity index (χ1v) is 11.2. The molecule has 3 aromatic rings. The van der Waals surface area contributed by atoms with Crippen molar-refractivity contribution in [3.63, 3.8) is 0 Å². The lowest BCUT2D eigenvalue weighted by Gasteiger charge is -2.41. The van der Waals surface area contributed by atoms with Crippen molar-refractivity contribution in [1.29, 1.82) is 0 Å². The molecule has 0 spiro atoms. The van der Waals surface area contributed by atoms with E-state index in [1.807, 2.05) is 17.9 Å². The zero-order valence-electron chi connectivity index (χ0n) is 18.9. The number of pyridine rings is 3.